The molecule has 0 saturated carbocycles. The average Bonchev–Trinajstić information content (AvgIpc) is 2.72. The third-order valence-electron chi connectivity index (χ3n) is 2.59. The third kappa shape index (κ3) is 2.71. The highest BCUT2D eigenvalue weighted by atomic mass is 16.3. The molecule has 2 amide bonds. The summed E-state index contributed by atoms with van der Waals surface area (Å²) in [4.78, 5) is 11.6. The number of carbonyl (C=O) groups is 1. The van der Waals surface area contributed by atoms with Crippen LogP contribution in [0.3, 0.4) is 0 Å². The largest absolute Gasteiger partial charge is 0.508 e. The first-order chi connectivity index (χ1) is 8.70. The number of benzene rings is 1. The summed E-state index contributed by atoms with van der Waals surface area (Å²) in [6.45, 7) is 2.71. The lowest BCUT2D eigenvalue weighted by Gasteiger charge is -2.04. The Morgan fingerprint density at radius 3 is 3.11 bits per heavy atom. The number of H-pyrrole nitrogens is 1. The predicted octanol–water partition coefficient (Wildman–Crippen LogP) is 2.19. The van der Waals surface area contributed by atoms with Crippen LogP contribution >= 0.6 is 0 Å². The number of aromatic nitrogens is 2. The van der Waals surface area contributed by atoms with Gasteiger partial charge in [0.05, 0.1) is 5.52 Å². The van der Waals surface area contributed by atoms with Gasteiger partial charge in [-0.05, 0) is 18.6 Å². The molecule has 0 fully saturated rings. The molecule has 96 valence electrons. The molecule has 0 unspecified atom stereocenters. The predicted molar refractivity (Wildman–Crippen MR) is 69.7 cm³/mol. The van der Waals surface area contributed by atoms with E-state index < -0.39 is 0 Å². The van der Waals surface area contributed by atoms with Crippen molar-refractivity contribution in [2.24, 2.45) is 0 Å². The molecule has 1 aromatic carbocycles. The van der Waals surface area contributed by atoms with Crippen LogP contribution in [0.25, 0.3) is 10.9 Å². The van der Waals surface area contributed by atoms with Gasteiger partial charge < -0.3 is 10.4 Å². The minimum atomic E-state index is -0.273. The molecule has 6 heteroatoms. The maximum absolute atomic E-state index is 11.6. The van der Waals surface area contributed by atoms with E-state index in [1.165, 1.54) is 0 Å². The topological polar surface area (TPSA) is 90.0 Å². The van der Waals surface area contributed by atoms with Gasteiger partial charge in [0, 0.05) is 18.0 Å². The van der Waals surface area contributed by atoms with Gasteiger partial charge in [0.25, 0.3) is 0 Å². The van der Waals surface area contributed by atoms with E-state index >= 15 is 0 Å². The Morgan fingerprint density at radius 2 is 2.33 bits per heavy atom. The number of fused-ring (bicyclic) bond motifs is 1. The van der Waals surface area contributed by atoms with Crippen molar-refractivity contribution in [3.05, 3.63) is 18.2 Å². The van der Waals surface area contributed by atoms with Gasteiger partial charge in [-0.1, -0.05) is 13.3 Å². The Kier molecular flexibility index (Phi) is 3.66. The van der Waals surface area contributed by atoms with Crippen molar-refractivity contribution in [3.8, 4) is 5.75 Å². The second kappa shape index (κ2) is 5.39. The number of nitrogens with one attached hydrogen (secondary N) is 3. The van der Waals surface area contributed by atoms with E-state index in [0.717, 1.165) is 18.2 Å². The number of phenols is 1. The maximum atomic E-state index is 11.6. The Morgan fingerprint density at radius 1 is 1.50 bits per heavy atom. The van der Waals surface area contributed by atoms with Gasteiger partial charge in [0.2, 0.25) is 0 Å². The van der Waals surface area contributed by atoms with E-state index in [2.05, 4.69) is 27.8 Å². The van der Waals surface area contributed by atoms with Gasteiger partial charge in [-0.25, -0.2) is 4.79 Å². The molecule has 0 bridgehead atoms. The standard InChI is InChI=1S/C12H16N4O2/c1-2-3-6-13-12(18)14-11-9-5-4-8(17)7-10(9)15-16-11/h4-5,7,17H,2-3,6H2,1H3,(H3,13,14,15,16,18). The first kappa shape index (κ1) is 12.2. The molecule has 2 aromatic rings. The number of hydrogen-bond donors (Lipinski definition) is 4. The lowest BCUT2D eigenvalue weighted by atomic mass is 10.2. The highest BCUT2D eigenvalue weighted by Crippen LogP contribution is 2.23. The number of anilines is 1. The van der Waals surface area contributed by atoms with Gasteiger partial charge in [-0.3, -0.25) is 10.4 Å². The van der Waals surface area contributed by atoms with Crippen LogP contribution in [0.4, 0.5) is 10.6 Å². The zero-order valence-corrected chi connectivity index (χ0v) is 10.2. The monoisotopic (exact) mass is 248 g/mol. The second-order valence-corrected chi connectivity index (χ2v) is 4.04. The van der Waals surface area contributed by atoms with Crippen LogP contribution in [0.5, 0.6) is 5.75 Å². The van der Waals surface area contributed by atoms with E-state index in [9.17, 15) is 9.90 Å². The molecule has 4 N–H and O–H groups in total. The summed E-state index contributed by atoms with van der Waals surface area (Å²) in [7, 11) is 0. The van der Waals surface area contributed by atoms with E-state index in [1.807, 2.05) is 0 Å². The van der Waals surface area contributed by atoms with Crippen molar-refractivity contribution < 1.29 is 9.90 Å². The fourth-order valence-corrected chi connectivity index (χ4v) is 1.63. The number of phenolic OH excluding ortho intramolecular Hbond substituents is 1. The number of amides is 2. The van der Waals surface area contributed by atoms with Crippen molar-refractivity contribution in [1.82, 2.24) is 15.5 Å². The fourth-order valence-electron chi connectivity index (χ4n) is 1.63. The molecule has 1 heterocycles. The number of aromatic hydroxyl groups is 1. The normalized spacial score (nSPS) is 10.5. The van der Waals surface area contributed by atoms with Crippen molar-refractivity contribution in [1.29, 1.82) is 0 Å². The summed E-state index contributed by atoms with van der Waals surface area (Å²) in [6, 6.07) is 4.54. The van der Waals surface area contributed by atoms with Crippen molar-refractivity contribution in [3.63, 3.8) is 0 Å². The van der Waals surface area contributed by atoms with Crippen LogP contribution in [0.15, 0.2) is 18.2 Å². The van der Waals surface area contributed by atoms with Crippen molar-refractivity contribution in [2.45, 2.75) is 19.8 Å². The molecule has 0 saturated heterocycles. The molecular weight excluding hydrogens is 232 g/mol. The molecule has 2 rings (SSSR count). The maximum Gasteiger partial charge on any atom is 0.320 e. The van der Waals surface area contributed by atoms with Crippen LogP contribution in [0.1, 0.15) is 19.8 Å². The number of rotatable bonds is 4. The summed E-state index contributed by atoms with van der Waals surface area (Å²) in [6.07, 6.45) is 1.98. The number of carbonyl (C=O) groups excluding carboxylic acids is 1. The summed E-state index contributed by atoms with van der Waals surface area (Å²) in [5, 5.41) is 22.2. The molecular formula is C12H16N4O2. The van der Waals surface area contributed by atoms with Crippen molar-refractivity contribution in [2.75, 3.05) is 11.9 Å². The zero-order valence-electron chi connectivity index (χ0n) is 10.2. The van der Waals surface area contributed by atoms with Crippen LogP contribution in [0.2, 0.25) is 0 Å². The quantitative estimate of drug-likeness (QED) is 0.625. The van der Waals surface area contributed by atoms with Crippen LogP contribution in [-0.2, 0) is 0 Å². The van der Waals surface area contributed by atoms with Gasteiger partial charge in [0.15, 0.2) is 5.82 Å². The molecule has 1 aromatic heterocycles. The molecule has 0 spiro atoms. The molecule has 0 aliphatic carbocycles. The summed E-state index contributed by atoms with van der Waals surface area (Å²) >= 11 is 0. The Bertz CT molecular complexity index is 550. The van der Waals surface area contributed by atoms with Gasteiger partial charge in [0.1, 0.15) is 5.75 Å². The number of unbranched alkanes of at least 4 members (excludes halogenated alkanes) is 1. The van der Waals surface area contributed by atoms with E-state index in [4.69, 9.17) is 0 Å². The highest BCUT2D eigenvalue weighted by molar-refractivity contribution is 5.99. The lowest BCUT2D eigenvalue weighted by Crippen LogP contribution is -2.29. The van der Waals surface area contributed by atoms with Gasteiger partial charge >= 0.3 is 6.03 Å². The van der Waals surface area contributed by atoms with E-state index in [1.54, 1.807) is 18.2 Å². The van der Waals surface area contributed by atoms with Crippen molar-refractivity contribution >= 4 is 22.8 Å². The Hall–Kier alpha value is -2.24. The molecule has 0 aliphatic rings. The lowest BCUT2D eigenvalue weighted by molar-refractivity contribution is 0.252. The SMILES string of the molecule is CCCCNC(=O)Nc1n[nH]c2cc(O)ccc12. The second-order valence-electron chi connectivity index (χ2n) is 4.04. The summed E-state index contributed by atoms with van der Waals surface area (Å²) in [5.74, 6) is 0.615. The number of urea groups is 1. The van der Waals surface area contributed by atoms with Gasteiger partial charge in [-0.15, -0.1) is 0 Å². The average molecular weight is 248 g/mol. The van der Waals surface area contributed by atoms with Crippen LogP contribution in [0, 0.1) is 0 Å². The van der Waals surface area contributed by atoms with Crippen LogP contribution in [-0.4, -0.2) is 27.9 Å². The Labute approximate surface area is 104 Å². The smallest absolute Gasteiger partial charge is 0.320 e. The molecule has 0 atom stereocenters. The molecule has 0 aliphatic heterocycles. The minimum Gasteiger partial charge on any atom is -0.508 e. The third-order valence-corrected chi connectivity index (χ3v) is 2.59. The van der Waals surface area contributed by atoms with Gasteiger partial charge in [-0.2, -0.15) is 5.10 Å². The summed E-state index contributed by atoms with van der Waals surface area (Å²) < 4.78 is 0. The number of hydrogen-bond acceptors (Lipinski definition) is 3. The first-order valence-electron chi connectivity index (χ1n) is 5.92. The highest BCUT2D eigenvalue weighted by Gasteiger charge is 2.08. The van der Waals surface area contributed by atoms with Crippen LogP contribution < -0.4 is 10.6 Å². The first-order valence-corrected chi connectivity index (χ1v) is 5.92. The molecule has 0 radical (unpaired) electrons. The Balaban J connectivity index is 2.05. The zero-order chi connectivity index (χ0) is 13.0. The number of nitrogens with zero attached hydrogens (tertiary/aromatic N) is 1. The minimum absolute atomic E-state index is 0.157. The van der Waals surface area contributed by atoms with E-state index in [-0.39, 0.29) is 11.8 Å². The number of aromatic amines is 1. The van der Waals surface area contributed by atoms with E-state index in [0.29, 0.717) is 17.9 Å². The molecule has 6 nitrogen and oxygen atoms in total. The molecule has 18 heavy (non-hydrogen) atoms. The fraction of sp³-hybridized carbons (Fsp3) is 0.333. The summed E-state index contributed by atoms with van der Waals surface area (Å²) in [5.41, 5.74) is 0.679.